The minimum atomic E-state index is -0.487. The highest BCUT2D eigenvalue weighted by Crippen LogP contribution is 2.22. The first-order valence-electron chi connectivity index (χ1n) is 5.63. The van der Waals surface area contributed by atoms with Gasteiger partial charge < -0.3 is 9.64 Å². The quantitative estimate of drug-likeness (QED) is 0.697. The molecular formula is C11H22N2O2. The fourth-order valence-corrected chi connectivity index (χ4v) is 2.17. The third-order valence-corrected chi connectivity index (χ3v) is 2.69. The van der Waals surface area contributed by atoms with Gasteiger partial charge in [-0.25, -0.2) is 4.79 Å². The summed E-state index contributed by atoms with van der Waals surface area (Å²) in [7, 11) is 2.03. The number of esters is 1. The highest BCUT2D eigenvalue weighted by molar-refractivity contribution is 5.81. The van der Waals surface area contributed by atoms with E-state index in [1.54, 1.807) is 0 Å². The van der Waals surface area contributed by atoms with Crippen LogP contribution in [0.4, 0.5) is 0 Å². The zero-order valence-corrected chi connectivity index (χ0v) is 10.2. The van der Waals surface area contributed by atoms with Crippen molar-refractivity contribution in [3.63, 3.8) is 0 Å². The molecular weight excluding hydrogens is 192 g/mol. The Balaban J connectivity index is 2.72. The van der Waals surface area contributed by atoms with Gasteiger partial charge in [0.15, 0.2) is 0 Å². The molecule has 0 aromatic rings. The summed E-state index contributed by atoms with van der Waals surface area (Å²) in [6, 6.07) is 0.293. The lowest BCUT2D eigenvalue weighted by Gasteiger charge is -2.30. The topological polar surface area (TPSA) is 41.6 Å². The summed E-state index contributed by atoms with van der Waals surface area (Å²) >= 11 is 0. The van der Waals surface area contributed by atoms with E-state index in [1.165, 1.54) is 0 Å². The summed E-state index contributed by atoms with van der Waals surface area (Å²) < 4.78 is 5.15. The van der Waals surface area contributed by atoms with Crippen molar-refractivity contribution in [2.24, 2.45) is 0 Å². The molecule has 1 N–H and O–H groups in total. The molecule has 0 bridgehead atoms. The van der Waals surface area contributed by atoms with Crippen molar-refractivity contribution in [2.75, 3.05) is 26.7 Å². The van der Waals surface area contributed by atoms with Crippen LogP contribution in [0.15, 0.2) is 0 Å². The van der Waals surface area contributed by atoms with Crippen LogP contribution in [-0.4, -0.2) is 49.2 Å². The first kappa shape index (κ1) is 12.5. The molecule has 1 heterocycles. The summed E-state index contributed by atoms with van der Waals surface area (Å²) in [6.45, 7) is 8.09. The molecule has 0 amide bonds. The molecule has 1 unspecified atom stereocenters. The Morgan fingerprint density at radius 1 is 1.60 bits per heavy atom. The summed E-state index contributed by atoms with van der Waals surface area (Å²) in [6.07, 6.45) is 0.834. The lowest BCUT2D eigenvalue weighted by atomic mass is 9.97. The second-order valence-corrected chi connectivity index (χ2v) is 4.59. The molecule has 1 rings (SSSR count). The van der Waals surface area contributed by atoms with Crippen molar-refractivity contribution in [1.29, 1.82) is 0 Å². The van der Waals surface area contributed by atoms with E-state index in [0.717, 1.165) is 19.5 Å². The fourth-order valence-electron chi connectivity index (χ4n) is 2.17. The van der Waals surface area contributed by atoms with Gasteiger partial charge in [0.25, 0.3) is 0 Å². The number of carbonyl (C=O) groups is 1. The van der Waals surface area contributed by atoms with Crippen LogP contribution in [0.2, 0.25) is 0 Å². The summed E-state index contributed by atoms with van der Waals surface area (Å²) in [5, 5.41) is 3.35. The summed E-state index contributed by atoms with van der Waals surface area (Å²) in [5.74, 6) is -0.108. The van der Waals surface area contributed by atoms with Gasteiger partial charge in [-0.3, -0.25) is 5.32 Å². The van der Waals surface area contributed by atoms with Gasteiger partial charge >= 0.3 is 5.97 Å². The standard InChI is InChI=1S/C11H22N2O2/c1-5-15-10(14)11(12-9(2)3)6-7-13(4)8-11/h9,12H,5-8H2,1-4H3. The molecule has 1 fully saturated rings. The number of hydrogen-bond donors (Lipinski definition) is 1. The Hall–Kier alpha value is -0.610. The molecule has 1 saturated heterocycles. The average Bonchev–Trinajstić information content (AvgIpc) is 2.48. The van der Waals surface area contributed by atoms with E-state index in [9.17, 15) is 4.79 Å². The van der Waals surface area contributed by atoms with Gasteiger partial charge in [-0.2, -0.15) is 0 Å². The Labute approximate surface area is 92.0 Å². The molecule has 1 aliphatic heterocycles. The highest BCUT2D eigenvalue weighted by Gasteiger charge is 2.44. The molecule has 0 aromatic heterocycles. The van der Waals surface area contributed by atoms with Crippen molar-refractivity contribution in [3.8, 4) is 0 Å². The van der Waals surface area contributed by atoms with E-state index in [1.807, 2.05) is 14.0 Å². The van der Waals surface area contributed by atoms with Crippen LogP contribution >= 0.6 is 0 Å². The molecule has 0 spiro atoms. The normalized spacial score (nSPS) is 27.3. The second-order valence-electron chi connectivity index (χ2n) is 4.59. The SMILES string of the molecule is CCOC(=O)C1(NC(C)C)CCN(C)C1. The van der Waals surface area contributed by atoms with Crippen molar-refractivity contribution in [1.82, 2.24) is 10.2 Å². The molecule has 0 radical (unpaired) electrons. The predicted molar refractivity (Wildman–Crippen MR) is 59.7 cm³/mol. The molecule has 1 aliphatic rings. The van der Waals surface area contributed by atoms with Crippen LogP contribution in [0.1, 0.15) is 27.2 Å². The Bertz CT molecular complexity index is 231. The third kappa shape index (κ3) is 2.92. The number of hydrogen-bond acceptors (Lipinski definition) is 4. The molecule has 0 aromatic carbocycles. The number of carbonyl (C=O) groups excluding carboxylic acids is 1. The van der Waals surface area contributed by atoms with Gasteiger partial charge in [-0.05, 0) is 34.2 Å². The predicted octanol–water partition coefficient (Wildman–Crippen LogP) is 0.622. The molecule has 4 heteroatoms. The first-order chi connectivity index (χ1) is 7.00. The van der Waals surface area contributed by atoms with Crippen LogP contribution in [0.25, 0.3) is 0 Å². The first-order valence-corrected chi connectivity index (χ1v) is 5.63. The van der Waals surface area contributed by atoms with Gasteiger partial charge in [-0.15, -0.1) is 0 Å². The third-order valence-electron chi connectivity index (χ3n) is 2.69. The lowest BCUT2D eigenvalue weighted by Crippen LogP contribution is -2.57. The Kier molecular flexibility index (Phi) is 4.11. The second kappa shape index (κ2) is 4.94. The number of likely N-dealkylation sites (tertiary alicyclic amines) is 1. The number of nitrogens with zero attached hydrogens (tertiary/aromatic N) is 1. The maximum atomic E-state index is 11.9. The van der Waals surface area contributed by atoms with Gasteiger partial charge in [0.1, 0.15) is 5.54 Å². The van der Waals surface area contributed by atoms with E-state index >= 15 is 0 Å². The van der Waals surface area contributed by atoms with Gasteiger partial charge in [0.2, 0.25) is 0 Å². The van der Waals surface area contributed by atoms with Crippen LogP contribution in [-0.2, 0) is 9.53 Å². The van der Waals surface area contributed by atoms with Crippen molar-refractivity contribution in [3.05, 3.63) is 0 Å². The molecule has 0 saturated carbocycles. The zero-order valence-electron chi connectivity index (χ0n) is 10.2. The van der Waals surface area contributed by atoms with Crippen LogP contribution < -0.4 is 5.32 Å². The van der Waals surface area contributed by atoms with E-state index < -0.39 is 5.54 Å². The fraction of sp³-hybridized carbons (Fsp3) is 0.909. The van der Waals surface area contributed by atoms with Crippen molar-refractivity contribution >= 4 is 5.97 Å². The van der Waals surface area contributed by atoms with Gasteiger partial charge in [0.05, 0.1) is 6.61 Å². The maximum absolute atomic E-state index is 11.9. The average molecular weight is 214 g/mol. The van der Waals surface area contributed by atoms with Gasteiger partial charge in [0, 0.05) is 19.1 Å². The maximum Gasteiger partial charge on any atom is 0.327 e. The molecule has 4 nitrogen and oxygen atoms in total. The molecule has 88 valence electrons. The van der Waals surface area contributed by atoms with Crippen molar-refractivity contribution in [2.45, 2.75) is 38.8 Å². The zero-order chi connectivity index (χ0) is 11.5. The van der Waals surface area contributed by atoms with Crippen molar-refractivity contribution < 1.29 is 9.53 Å². The number of rotatable bonds is 4. The summed E-state index contributed by atoms with van der Waals surface area (Å²) in [4.78, 5) is 14.1. The monoisotopic (exact) mass is 214 g/mol. The Morgan fingerprint density at radius 2 is 2.27 bits per heavy atom. The number of likely N-dealkylation sites (N-methyl/N-ethyl adjacent to an activating group) is 1. The molecule has 0 aliphatic carbocycles. The number of ether oxygens (including phenoxy) is 1. The largest absolute Gasteiger partial charge is 0.465 e. The van der Waals surface area contributed by atoms with E-state index in [4.69, 9.17) is 4.74 Å². The minimum absolute atomic E-state index is 0.108. The molecule has 15 heavy (non-hydrogen) atoms. The lowest BCUT2D eigenvalue weighted by molar-refractivity contribution is -0.151. The van der Waals surface area contributed by atoms with Crippen LogP contribution in [0, 0.1) is 0 Å². The van der Waals surface area contributed by atoms with E-state index in [-0.39, 0.29) is 5.97 Å². The van der Waals surface area contributed by atoms with E-state index in [0.29, 0.717) is 12.6 Å². The van der Waals surface area contributed by atoms with E-state index in [2.05, 4.69) is 24.1 Å². The van der Waals surface area contributed by atoms with Crippen LogP contribution in [0.5, 0.6) is 0 Å². The Morgan fingerprint density at radius 3 is 2.67 bits per heavy atom. The highest BCUT2D eigenvalue weighted by atomic mass is 16.5. The van der Waals surface area contributed by atoms with Crippen LogP contribution in [0.3, 0.4) is 0 Å². The molecule has 1 atom stereocenters. The summed E-state index contributed by atoms with van der Waals surface area (Å²) in [5.41, 5.74) is -0.487. The number of nitrogens with one attached hydrogen (secondary N) is 1. The minimum Gasteiger partial charge on any atom is -0.465 e. The smallest absolute Gasteiger partial charge is 0.327 e. The van der Waals surface area contributed by atoms with Gasteiger partial charge in [-0.1, -0.05) is 0 Å².